The number of hydrogen-bond donors (Lipinski definition) is 1. The largest absolute Gasteiger partial charge is 0.393 e. The molecule has 0 aromatic carbocycles. The summed E-state index contributed by atoms with van der Waals surface area (Å²) in [7, 11) is 0. The average molecular weight is 237 g/mol. The van der Waals surface area contributed by atoms with Crippen LogP contribution in [-0.4, -0.2) is 40.5 Å². The first-order valence-corrected chi connectivity index (χ1v) is 7.20. The maximum atomic E-state index is 12.2. The zero-order chi connectivity index (χ0) is 11.8. The molecule has 0 amide bonds. The van der Waals surface area contributed by atoms with E-state index in [1.54, 1.807) is 0 Å². The summed E-state index contributed by atoms with van der Waals surface area (Å²) in [5.41, 5.74) is 0. The summed E-state index contributed by atoms with van der Waals surface area (Å²) in [4.78, 5) is 14.6. The number of aliphatic hydroxyl groups is 1. The maximum absolute atomic E-state index is 12.2. The number of piperidine rings is 1. The highest BCUT2D eigenvalue weighted by atomic mass is 16.3. The Balaban J connectivity index is 1.60. The van der Waals surface area contributed by atoms with E-state index < -0.39 is 0 Å². The number of carbonyl (C=O) groups is 1. The number of rotatable bonds is 3. The summed E-state index contributed by atoms with van der Waals surface area (Å²) in [6.45, 7) is 0.659. The van der Waals surface area contributed by atoms with Gasteiger partial charge in [-0.3, -0.25) is 9.69 Å². The molecule has 3 heteroatoms. The van der Waals surface area contributed by atoms with Crippen LogP contribution >= 0.6 is 0 Å². The maximum Gasteiger partial charge on any atom is 0.149 e. The lowest BCUT2D eigenvalue weighted by atomic mass is 9.97. The van der Waals surface area contributed by atoms with Crippen molar-refractivity contribution in [3.8, 4) is 0 Å². The van der Waals surface area contributed by atoms with Crippen LogP contribution < -0.4 is 0 Å². The predicted molar refractivity (Wildman–Crippen MR) is 65.7 cm³/mol. The highest BCUT2D eigenvalue weighted by molar-refractivity contribution is 5.83. The second-order valence-electron chi connectivity index (χ2n) is 6.13. The van der Waals surface area contributed by atoms with Crippen LogP contribution in [0, 0.1) is 5.92 Å². The molecule has 1 N–H and O–H groups in total. The van der Waals surface area contributed by atoms with Gasteiger partial charge in [-0.05, 0) is 38.5 Å². The number of Topliss-reactive ketones (excluding diaryl/α,β-unsaturated/α-hetero) is 1. The second-order valence-corrected chi connectivity index (χ2v) is 6.13. The minimum absolute atomic E-state index is 0.120. The minimum Gasteiger partial charge on any atom is -0.393 e. The van der Waals surface area contributed by atoms with E-state index in [4.69, 9.17) is 0 Å². The van der Waals surface area contributed by atoms with Crippen molar-refractivity contribution in [1.29, 1.82) is 0 Å². The van der Waals surface area contributed by atoms with Gasteiger partial charge in [0.1, 0.15) is 5.78 Å². The first-order chi connectivity index (χ1) is 8.24. The first kappa shape index (κ1) is 11.7. The molecule has 0 radical (unpaired) electrons. The molecule has 17 heavy (non-hydrogen) atoms. The number of fused-ring (bicyclic) bond motifs is 2. The van der Waals surface area contributed by atoms with Crippen LogP contribution in [0.5, 0.6) is 0 Å². The van der Waals surface area contributed by atoms with Gasteiger partial charge in [0, 0.05) is 18.0 Å². The number of hydrogen-bond acceptors (Lipinski definition) is 3. The Morgan fingerprint density at radius 2 is 1.65 bits per heavy atom. The summed E-state index contributed by atoms with van der Waals surface area (Å²) in [5, 5.41) is 9.74. The monoisotopic (exact) mass is 237 g/mol. The summed E-state index contributed by atoms with van der Waals surface area (Å²) in [5.74, 6) is 0.817. The van der Waals surface area contributed by atoms with Crippen LogP contribution in [0.25, 0.3) is 0 Å². The molecule has 3 nitrogen and oxygen atoms in total. The van der Waals surface area contributed by atoms with Gasteiger partial charge in [-0.1, -0.05) is 12.8 Å². The SMILES string of the molecule is O=C(CN1C2CCC1CC(O)C2)C1CCCC1. The third-order valence-corrected chi connectivity index (χ3v) is 5.01. The van der Waals surface area contributed by atoms with Crippen LogP contribution in [0.15, 0.2) is 0 Å². The number of carbonyl (C=O) groups excluding carboxylic acids is 1. The van der Waals surface area contributed by atoms with Crippen molar-refractivity contribution in [1.82, 2.24) is 4.90 Å². The van der Waals surface area contributed by atoms with E-state index in [9.17, 15) is 9.90 Å². The fourth-order valence-corrected chi connectivity index (χ4v) is 4.06. The molecule has 2 aliphatic heterocycles. The zero-order valence-corrected chi connectivity index (χ0v) is 10.5. The smallest absolute Gasteiger partial charge is 0.149 e. The molecule has 3 aliphatic rings. The highest BCUT2D eigenvalue weighted by Crippen LogP contribution is 2.36. The van der Waals surface area contributed by atoms with Crippen LogP contribution in [0.2, 0.25) is 0 Å². The van der Waals surface area contributed by atoms with Gasteiger partial charge in [-0.2, -0.15) is 0 Å². The van der Waals surface area contributed by atoms with Gasteiger partial charge < -0.3 is 5.11 Å². The van der Waals surface area contributed by atoms with Crippen molar-refractivity contribution in [2.45, 2.75) is 69.6 Å². The van der Waals surface area contributed by atoms with Gasteiger partial charge in [-0.15, -0.1) is 0 Å². The molecule has 96 valence electrons. The Kier molecular flexibility index (Phi) is 3.22. The summed E-state index contributed by atoms with van der Waals surface area (Å²) in [6, 6.07) is 0.961. The van der Waals surface area contributed by atoms with Crippen molar-refractivity contribution < 1.29 is 9.90 Å². The summed E-state index contributed by atoms with van der Waals surface area (Å²) >= 11 is 0. The summed E-state index contributed by atoms with van der Waals surface area (Å²) in [6.07, 6.45) is 8.71. The van der Waals surface area contributed by atoms with Crippen LogP contribution in [-0.2, 0) is 4.79 Å². The fourth-order valence-electron chi connectivity index (χ4n) is 4.06. The molecule has 2 unspecified atom stereocenters. The molecule has 2 heterocycles. The normalized spacial score (nSPS) is 38.8. The van der Waals surface area contributed by atoms with Crippen LogP contribution in [0.4, 0.5) is 0 Å². The topological polar surface area (TPSA) is 40.5 Å². The van der Waals surface area contributed by atoms with E-state index in [2.05, 4.69) is 4.90 Å². The molecule has 0 aromatic heterocycles. The zero-order valence-electron chi connectivity index (χ0n) is 10.5. The van der Waals surface area contributed by atoms with E-state index in [0.717, 1.165) is 25.7 Å². The Morgan fingerprint density at radius 1 is 1.06 bits per heavy atom. The predicted octanol–water partition coefficient (Wildman–Crippen LogP) is 1.73. The molecule has 2 saturated heterocycles. The van der Waals surface area contributed by atoms with Gasteiger partial charge in [0.05, 0.1) is 12.6 Å². The molecule has 1 saturated carbocycles. The molecule has 3 fully saturated rings. The highest BCUT2D eigenvalue weighted by Gasteiger charge is 2.41. The van der Waals surface area contributed by atoms with Crippen molar-refractivity contribution in [2.75, 3.05) is 6.54 Å². The molecule has 2 atom stereocenters. The van der Waals surface area contributed by atoms with Crippen molar-refractivity contribution in [3.63, 3.8) is 0 Å². The van der Waals surface area contributed by atoms with E-state index in [-0.39, 0.29) is 6.10 Å². The number of aliphatic hydroxyl groups excluding tert-OH is 1. The van der Waals surface area contributed by atoms with Gasteiger partial charge >= 0.3 is 0 Å². The Bertz CT molecular complexity index is 285. The van der Waals surface area contributed by atoms with Crippen molar-refractivity contribution in [2.24, 2.45) is 5.92 Å². The first-order valence-electron chi connectivity index (χ1n) is 7.20. The van der Waals surface area contributed by atoms with Gasteiger partial charge in [-0.25, -0.2) is 0 Å². The van der Waals surface area contributed by atoms with E-state index in [1.807, 2.05) is 0 Å². The number of ketones is 1. The lowest BCUT2D eigenvalue weighted by Gasteiger charge is -2.37. The molecular weight excluding hydrogens is 214 g/mol. The Hall–Kier alpha value is -0.410. The van der Waals surface area contributed by atoms with E-state index >= 15 is 0 Å². The van der Waals surface area contributed by atoms with E-state index in [0.29, 0.717) is 30.3 Å². The minimum atomic E-state index is -0.120. The molecule has 1 aliphatic carbocycles. The third kappa shape index (κ3) is 2.27. The van der Waals surface area contributed by atoms with Crippen LogP contribution in [0.1, 0.15) is 51.4 Å². The Morgan fingerprint density at radius 3 is 2.24 bits per heavy atom. The molecule has 2 bridgehead atoms. The van der Waals surface area contributed by atoms with E-state index in [1.165, 1.54) is 25.7 Å². The second kappa shape index (κ2) is 4.69. The van der Waals surface area contributed by atoms with Gasteiger partial charge in [0.15, 0.2) is 0 Å². The number of nitrogens with zero attached hydrogens (tertiary/aromatic N) is 1. The summed E-state index contributed by atoms with van der Waals surface area (Å²) < 4.78 is 0. The molecule has 3 rings (SSSR count). The van der Waals surface area contributed by atoms with Gasteiger partial charge in [0.25, 0.3) is 0 Å². The van der Waals surface area contributed by atoms with Crippen molar-refractivity contribution in [3.05, 3.63) is 0 Å². The average Bonchev–Trinajstić information content (AvgIpc) is 2.88. The third-order valence-electron chi connectivity index (χ3n) is 5.01. The Labute approximate surface area is 103 Å². The lowest BCUT2D eigenvalue weighted by molar-refractivity contribution is -0.125. The van der Waals surface area contributed by atoms with Crippen LogP contribution in [0.3, 0.4) is 0 Å². The van der Waals surface area contributed by atoms with Crippen molar-refractivity contribution >= 4 is 5.78 Å². The van der Waals surface area contributed by atoms with Gasteiger partial charge in [0.2, 0.25) is 0 Å². The fraction of sp³-hybridized carbons (Fsp3) is 0.929. The lowest BCUT2D eigenvalue weighted by Crippen LogP contribution is -2.47. The molecular formula is C14H23NO2. The standard InChI is InChI=1S/C14H23NO2/c16-13-7-11-5-6-12(8-13)15(11)9-14(17)10-3-1-2-4-10/h10-13,16H,1-9H2. The molecule has 0 spiro atoms. The molecule has 0 aromatic rings. The quantitative estimate of drug-likeness (QED) is 0.812.